The van der Waals surface area contributed by atoms with Crippen molar-refractivity contribution in [3.63, 3.8) is 0 Å². The Bertz CT molecular complexity index is 451. The van der Waals surface area contributed by atoms with Gasteiger partial charge < -0.3 is 15.4 Å². The molecule has 1 heterocycles. The molecule has 6 heteroatoms. The average molecular weight is 312 g/mol. The van der Waals surface area contributed by atoms with E-state index in [1.807, 2.05) is 30.3 Å². The first-order chi connectivity index (χ1) is 10.6. The molecule has 0 aromatic heterocycles. The number of ether oxygens (including phenoxy) is 1. The van der Waals surface area contributed by atoms with Crippen LogP contribution in [-0.2, 0) is 4.74 Å². The van der Waals surface area contributed by atoms with E-state index in [0.29, 0.717) is 5.92 Å². The fourth-order valence-electron chi connectivity index (χ4n) is 2.66. The molecule has 1 fully saturated rings. The highest BCUT2D eigenvalue weighted by molar-refractivity contribution is 5.74. The Hall–Kier alpha value is -1.69. The summed E-state index contributed by atoms with van der Waals surface area (Å²) >= 11 is 0. The van der Waals surface area contributed by atoms with Crippen LogP contribution in [-0.4, -0.2) is 32.2 Å². The van der Waals surface area contributed by atoms with E-state index < -0.39 is 19.0 Å². The molecule has 1 aromatic rings. The van der Waals surface area contributed by atoms with Gasteiger partial charge in [-0.05, 0) is 30.7 Å². The number of hydrogen-bond acceptors (Lipinski definition) is 2. The van der Waals surface area contributed by atoms with E-state index in [4.69, 9.17) is 4.74 Å². The number of rotatable bonds is 6. The molecule has 4 nitrogen and oxygen atoms in total. The zero-order valence-corrected chi connectivity index (χ0v) is 12.4. The number of amides is 2. The van der Waals surface area contributed by atoms with Crippen LogP contribution in [0.5, 0.6) is 0 Å². The second-order valence-corrected chi connectivity index (χ2v) is 5.50. The standard InChI is InChI=1S/C16H22F2N2O2/c17-15(18)11-19-16(21)20-14(13-4-2-1-3-5-13)10-12-6-8-22-9-7-12/h1-5,12,14-15H,6-11H2,(H2,19,20,21)/t14-/m0/s1. The number of alkyl halides is 2. The minimum atomic E-state index is -2.54. The number of benzene rings is 1. The van der Waals surface area contributed by atoms with E-state index in [-0.39, 0.29) is 6.04 Å². The molecule has 1 aliphatic rings. The molecule has 22 heavy (non-hydrogen) atoms. The minimum Gasteiger partial charge on any atom is -0.381 e. The highest BCUT2D eigenvalue weighted by atomic mass is 19.3. The molecule has 0 radical (unpaired) electrons. The van der Waals surface area contributed by atoms with Crippen LogP contribution in [0.4, 0.5) is 13.6 Å². The Morgan fingerprint density at radius 3 is 2.55 bits per heavy atom. The lowest BCUT2D eigenvalue weighted by molar-refractivity contribution is 0.0608. The first kappa shape index (κ1) is 16.7. The van der Waals surface area contributed by atoms with Crippen LogP contribution in [0.2, 0.25) is 0 Å². The number of urea groups is 1. The molecule has 1 atom stereocenters. The van der Waals surface area contributed by atoms with Crippen LogP contribution >= 0.6 is 0 Å². The van der Waals surface area contributed by atoms with Gasteiger partial charge in [-0.25, -0.2) is 13.6 Å². The zero-order chi connectivity index (χ0) is 15.8. The first-order valence-corrected chi connectivity index (χ1v) is 7.60. The summed E-state index contributed by atoms with van der Waals surface area (Å²) in [6.07, 6.45) is 0.166. The van der Waals surface area contributed by atoms with Crippen molar-refractivity contribution in [1.29, 1.82) is 0 Å². The van der Waals surface area contributed by atoms with Crippen molar-refractivity contribution in [1.82, 2.24) is 10.6 Å². The predicted molar refractivity (Wildman–Crippen MR) is 79.9 cm³/mol. The fraction of sp³-hybridized carbons (Fsp3) is 0.562. The number of carbonyl (C=O) groups is 1. The lowest BCUT2D eigenvalue weighted by Crippen LogP contribution is -2.40. The Kier molecular flexibility index (Phi) is 6.58. The molecule has 0 aliphatic carbocycles. The lowest BCUT2D eigenvalue weighted by Gasteiger charge is -2.27. The van der Waals surface area contributed by atoms with Crippen molar-refractivity contribution in [2.24, 2.45) is 5.92 Å². The molecule has 0 spiro atoms. The van der Waals surface area contributed by atoms with Crippen LogP contribution in [0.1, 0.15) is 30.9 Å². The molecule has 1 aliphatic heterocycles. The van der Waals surface area contributed by atoms with Crippen molar-refractivity contribution < 1.29 is 18.3 Å². The molecule has 122 valence electrons. The highest BCUT2D eigenvalue weighted by Crippen LogP contribution is 2.27. The van der Waals surface area contributed by atoms with E-state index in [1.165, 1.54) is 0 Å². The van der Waals surface area contributed by atoms with Gasteiger partial charge >= 0.3 is 6.03 Å². The number of carbonyl (C=O) groups excluding carboxylic acids is 1. The third kappa shape index (κ3) is 5.60. The molecule has 1 aromatic carbocycles. The van der Waals surface area contributed by atoms with E-state index >= 15 is 0 Å². The molecule has 2 rings (SSSR count). The second kappa shape index (κ2) is 8.68. The summed E-state index contributed by atoms with van der Waals surface area (Å²) in [6, 6.07) is 8.87. The van der Waals surface area contributed by atoms with Crippen LogP contribution < -0.4 is 10.6 Å². The molecule has 2 amide bonds. The maximum absolute atomic E-state index is 12.2. The van der Waals surface area contributed by atoms with Gasteiger partial charge in [0.15, 0.2) is 0 Å². The van der Waals surface area contributed by atoms with Gasteiger partial charge in [0.05, 0.1) is 12.6 Å². The first-order valence-electron chi connectivity index (χ1n) is 7.60. The molecule has 2 N–H and O–H groups in total. The lowest BCUT2D eigenvalue weighted by atomic mass is 9.89. The summed E-state index contributed by atoms with van der Waals surface area (Å²) < 4.78 is 29.7. The van der Waals surface area contributed by atoms with Crippen LogP contribution in [0.3, 0.4) is 0 Å². The minimum absolute atomic E-state index is 0.179. The fourth-order valence-corrected chi connectivity index (χ4v) is 2.66. The van der Waals surface area contributed by atoms with Crippen LogP contribution in [0.25, 0.3) is 0 Å². The van der Waals surface area contributed by atoms with Crippen LogP contribution in [0, 0.1) is 5.92 Å². The summed E-state index contributed by atoms with van der Waals surface area (Å²) in [5, 5.41) is 5.01. The predicted octanol–water partition coefficient (Wildman–Crippen LogP) is 3.11. The van der Waals surface area contributed by atoms with Gasteiger partial charge in [-0.2, -0.15) is 0 Å². The summed E-state index contributed by atoms with van der Waals surface area (Å²) in [4.78, 5) is 11.8. The van der Waals surface area contributed by atoms with Crippen molar-refractivity contribution in [2.75, 3.05) is 19.8 Å². The van der Waals surface area contributed by atoms with Gasteiger partial charge in [-0.3, -0.25) is 0 Å². The van der Waals surface area contributed by atoms with Gasteiger partial charge in [-0.1, -0.05) is 30.3 Å². The quantitative estimate of drug-likeness (QED) is 0.848. The number of hydrogen-bond donors (Lipinski definition) is 2. The smallest absolute Gasteiger partial charge is 0.315 e. The van der Waals surface area contributed by atoms with Crippen LogP contribution in [0.15, 0.2) is 30.3 Å². The maximum Gasteiger partial charge on any atom is 0.315 e. The highest BCUT2D eigenvalue weighted by Gasteiger charge is 2.22. The SMILES string of the molecule is O=C(NCC(F)F)N[C@@H](CC1CCOCC1)c1ccccc1. The second-order valence-electron chi connectivity index (χ2n) is 5.50. The van der Waals surface area contributed by atoms with E-state index in [9.17, 15) is 13.6 Å². The van der Waals surface area contributed by atoms with E-state index in [2.05, 4.69) is 10.6 Å². The third-order valence-electron chi connectivity index (χ3n) is 3.83. The molecule has 0 saturated carbocycles. The van der Waals surface area contributed by atoms with Gasteiger partial charge in [-0.15, -0.1) is 0 Å². The Morgan fingerprint density at radius 2 is 1.91 bits per heavy atom. The summed E-state index contributed by atoms with van der Waals surface area (Å²) in [6.45, 7) is 0.845. The van der Waals surface area contributed by atoms with Crippen molar-refractivity contribution in [2.45, 2.75) is 31.7 Å². The molecule has 0 unspecified atom stereocenters. The molecular formula is C16H22F2N2O2. The third-order valence-corrected chi connectivity index (χ3v) is 3.83. The average Bonchev–Trinajstić information content (AvgIpc) is 2.54. The summed E-state index contributed by atoms with van der Waals surface area (Å²) in [7, 11) is 0. The number of halogens is 2. The van der Waals surface area contributed by atoms with E-state index in [0.717, 1.165) is 38.0 Å². The Labute approximate surface area is 129 Å². The van der Waals surface area contributed by atoms with Gasteiger partial charge in [0.1, 0.15) is 0 Å². The summed E-state index contributed by atoms with van der Waals surface area (Å²) in [5.41, 5.74) is 0.987. The Morgan fingerprint density at radius 1 is 1.23 bits per heavy atom. The Balaban J connectivity index is 1.96. The summed E-state index contributed by atoms with van der Waals surface area (Å²) in [5.74, 6) is 0.467. The van der Waals surface area contributed by atoms with Gasteiger partial charge in [0.2, 0.25) is 0 Å². The molecule has 0 bridgehead atoms. The topological polar surface area (TPSA) is 50.4 Å². The van der Waals surface area contributed by atoms with Crippen molar-refractivity contribution in [3.8, 4) is 0 Å². The van der Waals surface area contributed by atoms with Gasteiger partial charge in [0, 0.05) is 13.2 Å². The monoisotopic (exact) mass is 312 g/mol. The van der Waals surface area contributed by atoms with Crippen molar-refractivity contribution >= 4 is 6.03 Å². The maximum atomic E-state index is 12.2. The normalized spacial score (nSPS) is 17.2. The van der Waals surface area contributed by atoms with E-state index in [1.54, 1.807) is 0 Å². The largest absolute Gasteiger partial charge is 0.381 e. The van der Waals surface area contributed by atoms with Crippen molar-refractivity contribution in [3.05, 3.63) is 35.9 Å². The number of nitrogens with one attached hydrogen (secondary N) is 2. The van der Waals surface area contributed by atoms with Gasteiger partial charge in [0.25, 0.3) is 6.43 Å². The molecular weight excluding hydrogens is 290 g/mol. The zero-order valence-electron chi connectivity index (χ0n) is 12.4. The molecule has 1 saturated heterocycles.